The SMILES string of the molecule is CC(C)CN1CCN(c2ccc(C(N)=NO)c(Cl)c2)CC1. The molecule has 2 rings (SSSR count). The zero-order chi connectivity index (χ0) is 15.4. The van der Waals surface area contributed by atoms with E-state index in [4.69, 9.17) is 22.5 Å². The van der Waals surface area contributed by atoms with Crippen LogP contribution in [0.25, 0.3) is 0 Å². The third kappa shape index (κ3) is 4.02. The summed E-state index contributed by atoms with van der Waals surface area (Å²) in [4.78, 5) is 4.81. The molecule has 1 heterocycles. The molecule has 21 heavy (non-hydrogen) atoms. The fourth-order valence-corrected chi connectivity index (χ4v) is 2.94. The van der Waals surface area contributed by atoms with E-state index in [1.54, 1.807) is 6.07 Å². The molecule has 1 aliphatic rings. The smallest absolute Gasteiger partial charge is 0.171 e. The highest BCUT2D eigenvalue weighted by atomic mass is 35.5. The van der Waals surface area contributed by atoms with Crippen molar-refractivity contribution in [2.45, 2.75) is 13.8 Å². The number of rotatable bonds is 4. The van der Waals surface area contributed by atoms with Gasteiger partial charge in [-0.05, 0) is 24.1 Å². The van der Waals surface area contributed by atoms with Gasteiger partial charge in [0.05, 0.1) is 5.02 Å². The molecule has 0 spiro atoms. The largest absolute Gasteiger partial charge is 0.409 e. The first-order chi connectivity index (χ1) is 10.0. The highest BCUT2D eigenvalue weighted by Gasteiger charge is 2.18. The molecule has 1 fully saturated rings. The molecular weight excluding hydrogens is 288 g/mol. The molecule has 1 aliphatic heterocycles. The van der Waals surface area contributed by atoms with Crippen LogP contribution in [-0.4, -0.2) is 48.7 Å². The van der Waals surface area contributed by atoms with Crippen LogP contribution < -0.4 is 10.6 Å². The summed E-state index contributed by atoms with van der Waals surface area (Å²) in [6.45, 7) is 9.76. The Kier molecular flexibility index (Phi) is 5.31. The standard InChI is InChI=1S/C15H23ClN4O/c1-11(2)10-19-5-7-20(8-6-19)12-3-4-13(14(16)9-12)15(17)18-21/h3-4,9,11,21H,5-8,10H2,1-2H3,(H2,17,18). The van der Waals surface area contributed by atoms with Crippen LogP contribution in [0.15, 0.2) is 23.4 Å². The van der Waals surface area contributed by atoms with Crippen LogP contribution in [0.2, 0.25) is 5.02 Å². The summed E-state index contributed by atoms with van der Waals surface area (Å²) in [7, 11) is 0. The maximum atomic E-state index is 8.72. The van der Waals surface area contributed by atoms with Gasteiger partial charge in [-0.15, -0.1) is 0 Å². The van der Waals surface area contributed by atoms with Crippen molar-refractivity contribution in [3.8, 4) is 0 Å². The van der Waals surface area contributed by atoms with Gasteiger partial charge in [-0.2, -0.15) is 0 Å². The van der Waals surface area contributed by atoms with Crippen molar-refractivity contribution in [3.05, 3.63) is 28.8 Å². The molecule has 0 aromatic heterocycles. The first-order valence-electron chi connectivity index (χ1n) is 7.26. The van der Waals surface area contributed by atoms with Crippen molar-refractivity contribution in [3.63, 3.8) is 0 Å². The second-order valence-electron chi connectivity index (χ2n) is 5.83. The van der Waals surface area contributed by atoms with Crippen LogP contribution >= 0.6 is 11.6 Å². The van der Waals surface area contributed by atoms with Crippen LogP contribution in [-0.2, 0) is 0 Å². The van der Waals surface area contributed by atoms with E-state index in [9.17, 15) is 0 Å². The lowest BCUT2D eigenvalue weighted by Gasteiger charge is -2.37. The highest BCUT2D eigenvalue weighted by Crippen LogP contribution is 2.24. The Labute approximate surface area is 131 Å². The summed E-state index contributed by atoms with van der Waals surface area (Å²) >= 11 is 6.21. The molecule has 0 bridgehead atoms. The Hall–Kier alpha value is -1.46. The monoisotopic (exact) mass is 310 g/mol. The molecular formula is C15H23ClN4O. The van der Waals surface area contributed by atoms with Crippen LogP contribution in [0.4, 0.5) is 5.69 Å². The van der Waals surface area contributed by atoms with Crippen LogP contribution in [0.5, 0.6) is 0 Å². The van der Waals surface area contributed by atoms with E-state index in [1.165, 1.54) is 0 Å². The molecule has 5 nitrogen and oxygen atoms in total. The molecule has 0 amide bonds. The van der Waals surface area contributed by atoms with Gasteiger partial charge in [0.15, 0.2) is 5.84 Å². The summed E-state index contributed by atoms with van der Waals surface area (Å²) < 4.78 is 0. The lowest BCUT2D eigenvalue weighted by molar-refractivity contribution is 0.231. The molecule has 116 valence electrons. The molecule has 1 aromatic rings. The van der Waals surface area contributed by atoms with E-state index in [1.807, 2.05) is 12.1 Å². The van der Waals surface area contributed by atoms with Crippen molar-refractivity contribution < 1.29 is 5.21 Å². The fraction of sp³-hybridized carbons (Fsp3) is 0.533. The Bertz CT molecular complexity index is 510. The molecule has 1 saturated heterocycles. The third-order valence-corrected chi connectivity index (χ3v) is 4.01. The Morgan fingerprint density at radius 2 is 2.00 bits per heavy atom. The van der Waals surface area contributed by atoms with Gasteiger partial charge < -0.3 is 15.8 Å². The summed E-state index contributed by atoms with van der Waals surface area (Å²) in [5, 5.41) is 12.2. The van der Waals surface area contributed by atoms with E-state index < -0.39 is 0 Å². The van der Waals surface area contributed by atoms with Crippen molar-refractivity contribution in [1.29, 1.82) is 0 Å². The average molecular weight is 311 g/mol. The van der Waals surface area contributed by atoms with Gasteiger partial charge in [0.1, 0.15) is 0 Å². The second-order valence-corrected chi connectivity index (χ2v) is 6.24. The van der Waals surface area contributed by atoms with Gasteiger partial charge >= 0.3 is 0 Å². The van der Waals surface area contributed by atoms with Crippen molar-refractivity contribution in [1.82, 2.24) is 4.90 Å². The molecule has 0 saturated carbocycles. The average Bonchev–Trinajstić information content (AvgIpc) is 2.46. The Balaban J connectivity index is 2.02. The van der Waals surface area contributed by atoms with Gasteiger partial charge in [-0.3, -0.25) is 4.90 Å². The Morgan fingerprint density at radius 3 is 2.52 bits per heavy atom. The predicted octanol–water partition coefficient (Wildman–Crippen LogP) is 2.21. The van der Waals surface area contributed by atoms with Gasteiger partial charge in [-0.25, -0.2) is 0 Å². The number of nitrogens with two attached hydrogens (primary N) is 1. The maximum Gasteiger partial charge on any atom is 0.171 e. The number of amidine groups is 1. The number of anilines is 1. The molecule has 0 aliphatic carbocycles. The lowest BCUT2D eigenvalue weighted by Crippen LogP contribution is -2.47. The van der Waals surface area contributed by atoms with E-state index in [-0.39, 0.29) is 5.84 Å². The normalized spacial score (nSPS) is 17.5. The van der Waals surface area contributed by atoms with Gasteiger partial charge in [0.25, 0.3) is 0 Å². The van der Waals surface area contributed by atoms with Gasteiger partial charge in [-0.1, -0.05) is 30.6 Å². The molecule has 0 radical (unpaired) electrons. The maximum absolute atomic E-state index is 8.72. The van der Waals surface area contributed by atoms with Crippen molar-refractivity contribution in [2.24, 2.45) is 16.8 Å². The minimum Gasteiger partial charge on any atom is -0.409 e. The quantitative estimate of drug-likeness (QED) is 0.387. The minimum atomic E-state index is 0.0355. The number of benzene rings is 1. The molecule has 1 aromatic carbocycles. The van der Waals surface area contributed by atoms with E-state index >= 15 is 0 Å². The van der Waals surface area contributed by atoms with Crippen LogP contribution in [0.3, 0.4) is 0 Å². The zero-order valence-electron chi connectivity index (χ0n) is 12.6. The first kappa shape index (κ1) is 15.9. The van der Waals surface area contributed by atoms with Gasteiger partial charge in [0, 0.05) is 44.0 Å². The van der Waals surface area contributed by atoms with E-state index in [0.29, 0.717) is 16.5 Å². The number of halogens is 1. The third-order valence-electron chi connectivity index (χ3n) is 3.70. The van der Waals surface area contributed by atoms with Crippen LogP contribution in [0.1, 0.15) is 19.4 Å². The number of nitrogens with zero attached hydrogens (tertiary/aromatic N) is 3. The second kappa shape index (κ2) is 7.00. The zero-order valence-corrected chi connectivity index (χ0v) is 13.3. The summed E-state index contributed by atoms with van der Waals surface area (Å²) in [5.74, 6) is 0.735. The number of piperazine rings is 1. The van der Waals surface area contributed by atoms with Crippen LogP contribution in [0, 0.1) is 5.92 Å². The molecule has 0 atom stereocenters. The highest BCUT2D eigenvalue weighted by molar-refractivity contribution is 6.34. The number of oxime groups is 1. The predicted molar refractivity (Wildman–Crippen MR) is 87.5 cm³/mol. The molecule has 6 heteroatoms. The van der Waals surface area contributed by atoms with Crippen molar-refractivity contribution in [2.75, 3.05) is 37.6 Å². The number of hydrogen-bond donors (Lipinski definition) is 2. The van der Waals surface area contributed by atoms with E-state index in [2.05, 4.69) is 28.8 Å². The minimum absolute atomic E-state index is 0.0355. The summed E-state index contributed by atoms with van der Waals surface area (Å²) in [6, 6.07) is 5.65. The number of hydrogen-bond acceptors (Lipinski definition) is 4. The molecule has 0 unspecified atom stereocenters. The first-order valence-corrected chi connectivity index (χ1v) is 7.63. The Morgan fingerprint density at radius 1 is 1.33 bits per heavy atom. The fourth-order valence-electron chi connectivity index (χ4n) is 2.67. The molecule has 3 N–H and O–H groups in total. The van der Waals surface area contributed by atoms with Crippen molar-refractivity contribution >= 4 is 23.1 Å². The topological polar surface area (TPSA) is 65.1 Å². The van der Waals surface area contributed by atoms with Gasteiger partial charge in [0.2, 0.25) is 0 Å². The summed E-state index contributed by atoms with van der Waals surface area (Å²) in [5.41, 5.74) is 7.22. The van der Waals surface area contributed by atoms with E-state index in [0.717, 1.165) is 38.4 Å². The lowest BCUT2D eigenvalue weighted by atomic mass is 10.1. The summed E-state index contributed by atoms with van der Waals surface area (Å²) in [6.07, 6.45) is 0.